The Morgan fingerprint density at radius 1 is 0.933 bits per heavy atom. The van der Waals surface area contributed by atoms with Crippen molar-refractivity contribution in [3.8, 4) is 5.75 Å². The first-order chi connectivity index (χ1) is 21.2. The van der Waals surface area contributed by atoms with Gasteiger partial charge in [0.15, 0.2) is 0 Å². The molecule has 1 fully saturated rings. The molecule has 1 saturated heterocycles. The quantitative estimate of drug-likeness (QED) is 0.270. The first-order valence-electron chi connectivity index (χ1n) is 15.8. The second kappa shape index (κ2) is 12.6. The molecule has 3 aromatic rings. The van der Waals surface area contributed by atoms with Gasteiger partial charge in [0.25, 0.3) is 0 Å². The minimum atomic E-state index is -0.959. The number of carbonyl (C=O) groups is 1. The van der Waals surface area contributed by atoms with E-state index >= 15 is 4.79 Å². The normalized spacial score (nSPS) is 22.6. The van der Waals surface area contributed by atoms with E-state index in [1.54, 1.807) is 0 Å². The SMILES string of the molecule is CCOc1cc(C(C)(C)C)ncc1C1=N[C@@](C)(c2ccc(Cl)cc2)[C@@](C)(c2ccc(Cl)cc2)N1C(=O)N1CCN(C(C)C)CC1. The Kier molecular flexibility index (Phi) is 9.29. The molecule has 7 nitrogen and oxygen atoms in total. The van der Waals surface area contributed by atoms with E-state index in [1.807, 2.05) is 77.5 Å². The Balaban J connectivity index is 1.76. The molecule has 0 N–H and O–H groups in total. The number of piperazine rings is 1. The second-order valence-electron chi connectivity index (χ2n) is 13.6. The fraction of sp³-hybridized carbons (Fsp3) is 0.472. The van der Waals surface area contributed by atoms with Crippen LogP contribution < -0.4 is 4.74 Å². The maximum atomic E-state index is 15.0. The molecule has 0 bridgehead atoms. The number of hydrogen-bond donors (Lipinski definition) is 0. The summed E-state index contributed by atoms with van der Waals surface area (Å²) in [5.74, 6) is 1.18. The minimum Gasteiger partial charge on any atom is -0.493 e. The molecule has 0 saturated carbocycles. The summed E-state index contributed by atoms with van der Waals surface area (Å²) in [6.07, 6.45) is 1.82. The van der Waals surface area contributed by atoms with E-state index < -0.39 is 11.1 Å². The summed E-state index contributed by atoms with van der Waals surface area (Å²) in [6, 6.07) is 17.8. The van der Waals surface area contributed by atoms with Gasteiger partial charge in [0.2, 0.25) is 0 Å². The molecular formula is C36H45Cl2N5O2. The summed E-state index contributed by atoms with van der Waals surface area (Å²) in [6.45, 7) is 20.2. The van der Waals surface area contributed by atoms with Gasteiger partial charge in [-0.05, 0) is 70.0 Å². The third-order valence-corrected chi connectivity index (χ3v) is 9.93. The highest BCUT2D eigenvalue weighted by Gasteiger charge is 2.60. The number of pyridine rings is 1. The zero-order valence-corrected chi connectivity index (χ0v) is 29.2. The van der Waals surface area contributed by atoms with Crippen LogP contribution in [0.4, 0.5) is 4.79 Å². The van der Waals surface area contributed by atoms with E-state index in [0.29, 0.717) is 52.9 Å². The lowest BCUT2D eigenvalue weighted by Crippen LogP contribution is -2.61. The van der Waals surface area contributed by atoms with Crippen molar-refractivity contribution < 1.29 is 9.53 Å². The fourth-order valence-electron chi connectivity index (χ4n) is 6.43. The maximum absolute atomic E-state index is 15.0. The van der Waals surface area contributed by atoms with Gasteiger partial charge in [-0.15, -0.1) is 0 Å². The van der Waals surface area contributed by atoms with Crippen LogP contribution >= 0.6 is 23.2 Å². The summed E-state index contributed by atoms with van der Waals surface area (Å²) in [4.78, 5) is 31.7. The topological polar surface area (TPSA) is 61.3 Å². The van der Waals surface area contributed by atoms with Crippen LogP contribution in [0.15, 0.2) is 65.8 Å². The lowest BCUT2D eigenvalue weighted by Gasteiger charge is -2.47. The number of ether oxygens (including phenoxy) is 1. The number of nitrogens with zero attached hydrogens (tertiary/aromatic N) is 5. The first kappa shape index (κ1) is 33.2. The number of benzene rings is 2. The molecular weight excluding hydrogens is 605 g/mol. The van der Waals surface area contributed by atoms with E-state index in [1.165, 1.54) is 0 Å². The van der Waals surface area contributed by atoms with Gasteiger partial charge in [-0.3, -0.25) is 19.8 Å². The van der Waals surface area contributed by atoms with Gasteiger partial charge in [-0.1, -0.05) is 68.2 Å². The molecule has 0 unspecified atom stereocenters. The molecule has 45 heavy (non-hydrogen) atoms. The summed E-state index contributed by atoms with van der Waals surface area (Å²) < 4.78 is 6.26. The highest BCUT2D eigenvalue weighted by atomic mass is 35.5. The van der Waals surface area contributed by atoms with Crippen LogP contribution in [0, 0.1) is 0 Å². The van der Waals surface area contributed by atoms with Crippen molar-refractivity contribution in [2.45, 2.75) is 77.9 Å². The zero-order valence-electron chi connectivity index (χ0n) is 27.7. The maximum Gasteiger partial charge on any atom is 0.326 e. The lowest BCUT2D eigenvalue weighted by molar-refractivity contribution is 0.0790. The molecule has 0 spiro atoms. The van der Waals surface area contributed by atoms with Gasteiger partial charge in [0.05, 0.1) is 12.2 Å². The van der Waals surface area contributed by atoms with Crippen molar-refractivity contribution in [1.82, 2.24) is 19.7 Å². The van der Waals surface area contributed by atoms with Crippen molar-refractivity contribution in [1.29, 1.82) is 0 Å². The largest absolute Gasteiger partial charge is 0.493 e. The van der Waals surface area contributed by atoms with Crippen LogP contribution in [0.2, 0.25) is 10.0 Å². The number of carbonyl (C=O) groups excluding carboxylic acids is 1. The van der Waals surface area contributed by atoms with E-state index in [-0.39, 0.29) is 11.4 Å². The number of rotatable bonds is 6. The average Bonchev–Trinajstić information content (AvgIpc) is 3.25. The molecule has 2 aromatic carbocycles. The molecule has 2 aliphatic rings. The Bertz CT molecular complexity index is 1560. The molecule has 2 amide bonds. The van der Waals surface area contributed by atoms with Gasteiger partial charge < -0.3 is 9.64 Å². The molecule has 0 aliphatic carbocycles. The van der Waals surface area contributed by atoms with Gasteiger partial charge in [-0.2, -0.15) is 0 Å². The first-order valence-corrected chi connectivity index (χ1v) is 16.5. The van der Waals surface area contributed by atoms with Crippen LogP contribution in [0.5, 0.6) is 5.75 Å². The Hall–Kier alpha value is -3.13. The third-order valence-electron chi connectivity index (χ3n) is 9.43. The van der Waals surface area contributed by atoms with Crippen LogP contribution in [-0.2, 0) is 16.5 Å². The molecule has 9 heteroatoms. The van der Waals surface area contributed by atoms with Crippen LogP contribution in [0.1, 0.15) is 77.8 Å². The van der Waals surface area contributed by atoms with Crippen molar-refractivity contribution in [2.24, 2.45) is 4.99 Å². The number of aromatic nitrogens is 1. The second-order valence-corrected chi connectivity index (χ2v) is 14.4. The van der Waals surface area contributed by atoms with E-state index in [4.69, 9.17) is 37.9 Å². The van der Waals surface area contributed by atoms with Crippen molar-refractivity contribution >= 4 is 35.1 Å². The smallest absolute Gasteiger partial charge is 0.326 e. The van der Waals surface area contributed by atoms with E-state index in [0.717, 1.165) is 29.9 Å². The van der Waals surface area contributed by atoms with E-state index in [9.17, 15) is 0 Å². The summed E-state index contributed by atoms with van der Waals surface area (Å²) in [5, 5.41) is 1.26. The Morgan fingerprint density at radius 2 is 1.49 bits per heavy atom. The molecule has 2 atom stereocenters. The van der Waals surface area contributed by atoms with Gasteiger partial charge in [0.1, 0.15) is 22.7 Å². The number of urea groups is 1. The van der Waals surface area contributed by atoms with Gasteiger partial charge in [-0.25, -0.2) is 4.79 Å². The average molecular weight is 651 g/mol. The number of halogens is 2. The predicted molar refractivity (Wildman–Crippen MR) is 184 cm³/mol. The minimum absolute atomic E-state index is 0.102. The monoisotopic (exact) mass is 649 g/mol. The molecule has 3 heterocycles. The number of amides is 2. The standard InChI is InChI=1S/C36H45Cl2N5O2/c1-9-45-30-22-31(34(4,5)6)39-23-29(30)32-40-35(7,25-10-14-27(37)15-11-25)36(8,26-12-16-28(38)17-13-26)43(32)33(44)42-20-18-41(19-21-42)24(2)3/h10-17,22-24H,9,18-21H2,1-8H3/t35-,36+/m0/s1. The van der Waals surface area contributed by atoms with Crippen molar-refractivity contribution in [2.75, 3.05) is 32.8 Å². The highest BCUT2D eigenvalue weighted by molar-refractivity contribution is 6.30. The van der Waals surface area contributed by atoms with Crippen LogP contribution in [0.25, 0.3) is 0 Å². The molecule has 2 aliphatic heterocycles. The molecule has 0 radical (unpaired) electrons. The highest BCUT2D eigenvalue weighted by Crippen LogP contribution is 2.54. The predicted octanol–water partition coefficient (Wildman–Crippen LogP) is 8.12. The van der Waals surface area contributed by atoms with Crippen LogP contribution in [0.3, 0.4) is 0 Å². The molecule has 5 rings (SSSR count). The Labute approximate surface area is 278 Å². The number of aliphatic imine (C=N–C) groups is 1. The number of hydrogen-bond acceptors (Lipinski definition) is 5. The lowest BCUT2D eigenvalue weighted by atomic mass is 9.71. The van der Waals surface area contributed by atoms with Crippen molar-refractivity contribution in [3.63, 3.8) is 0 Å². The fourth-order valence-corrected chi connectivity index (χ4v) is 6.68. The molecule has 1 aromatic heterocycles. The Morgan fingerprint density at radius 3 is 2.00 bits per heavy atom. The van der Waals surface area contributed by atoms with Gasteiger partial charge >= 0.3 is 6.03 Å². The summed E-state index contributed by atoms with van der Waals surface area (Å²) in [7, 11) is 0. The van der Waals surface area contributed by atoms with E-state index in [2.05, 4.69) is 53.4 Å². The third kappa shape index (κ3) is 6.07. The van der Waals surface area contributed by atoms with Gasteiger partial charge in [0, 0.05) is 65.6 Å². The number of amidine groups is 1. The summed E-state index contributed by atoms with van der Waals surface area (Å²) in [5.41, 5.74) is 1.35. The van der Waals surface area contributed by atoms with Crippen molar-refractivity contribution in [3.05, 3.63) is 93.2 Å². The molecule has 240 valence electrons. The summed E-state index contributed by atoms with van der Waals surface area (Å²) >= 11 is 12.8. The van der Waals surface area contributed by atoms with Crippen LogP contribution in [-0.4, -0.2) is 70.4 Å². The zero-order chi connectivity index (χ0) is 32.7.